The first kappa shape index (κ1) is 24.4. The molecule has 0 aromatic heterocycles. The molecule has 0 unspecified atom stereocenters. The van der Waals surface area contributed by atoms with E-state index in [-0.39, 0.29) is 11.9 Å². The second-order valence-corrected chi connectivity index (χ2v) is 10.4. The van der Waals surface area contributed by atoms with E-state index in [1.165, 1.54) is 23.7 Å². The zero-order valence-electron chi connectivity index (χ0n) is 20.5. The number of carbonyl (C=O) groups excluding carboxylic acids is 1. The average molecular weight is 479 g/mol. The Morgan fingerprint density at radius 3 is 2.50 bits per heavy atom. The molecule has 2 aromatic rings. The number of methoxy groups -OCH3 is 1. The normalized spacial score (nSPS) is 19.4. The third kappa shape index (κ3) is 5.84. The predicted molar refractivity (Wildman–Crippen MR) is 141 cm³/mol. The second kappa shape index (κ2) is 11.1. The van der Waals surface area contributed by atoms with Crippen molar-refractivity contribution in [3.63, 3.8) is 0 Å². The third-order valence-electron chi connectivity index (χ3n) is 6.09. The number of hydrogen-bond donors (Lipinski definition) is 0. The Labute approximate surface area is 207 Å². The van der Waals surface area contributed by atoms with Gasteiger partial charge in [0, 0.05) is 6.04 Å². The molecule has 2 aliphatic rings. The van der Waals surface area contributed by atoms with E-state index in [0.717, 1.165) is 42.1 Å². The highest BCUT2D eigenvalue weighted by Gasteiger charge is 2.38. The maximum absolute atomic E-state index is 13.6. The van der Waals surface area contributed by atoms with Gasteiger partial charge in [-0.1, -0.05) is 56.9 Å². The molecule has 1 aliphatic carbocycles. The minimum absolute atomic E-state index is 0.0434. The van der Waals surface area contributed by atoms with Crippen LogP contribution in [0.3, 0.4) is 0 Å². The number of ether oxygens (including phenoxy) is 2. The van der Waals surface area contributed by atoms with Gasteiger partial charge in [-0.25, -0.2) is 4.99 Å². The van der Waals surface area contributed by atoms with Crippen molar-refractivity contribution >= 4 is 34.6 Å². The number of aryl methyl sites for hydroxylation is 1. The molecule has 1 saturated heterocycles. The van der Waals surface area contributed by atoms with Gasteiger partial charge in [0.05, 0.1) is 24.3 Å². The maximum atomic E-state index is 13.6. The number of carbonyl (C=O) groups is 1. The van der Waals surface area contributed by atoms with Gasteiger partial charge in [0.15, 0.2) is 16.7 Å². The van der Waals surface area contributed by atoms with Crippen LogP contribution in [0.4, 0.5) is 5.69 Å². The van der Waals surface area contributed by atoms with Crippen molar-refractivity contribution in [2.75, 3.05) is 13.7 Å². The molecule has 2 fully saturated rings. The molecule has 180 valence electrons. The monoisotopic (exact) mass is 478 g/mol. The van der Waals surface area contributed by atoms with Gasteiger partial charge >= 0.3 is 0 Å². The van der Waals surface area contributed by atoms with E-state index < -0.39 is 0 Å². The summed E-state index contributed by atoms with van der Waals surface area (Å²) in [5.41, 5.74) is 2.97. The van der Waals surface area contributed by atoms with Crippen LogP contribution in [0.5, 0.6) is 11.5 Å². The van der Waals surface area contributed by atoms with E-state index in [9.17, 15) is 4.79 Å². The summed E-state index contributed by atoms with van der Waals surface area (Å²) < 4.78 is 11.4. The molecule has 34 heavy (non-hydrogen) atoms. The number of benzene rings is 2. The van der Waals surface area contributed by atoms with Gasteiger partial charge < -0.3 is 9.47 Å². The minimum Gasteiger partial charge on any atom is -0.493 e. The fourth-order valence-corrected chi connectivity index (χ4v) is 5.32. The van der Waals surface area contributed by atoms with Crippen LogP contribution < -0.4 is 9.47 Å². The molecule has 0 atom stereocenters. The highest BCUT2D eigenvalue weighted by molar-refractivity contribution is 8.18. The first-order chi connectivity index (χ1) is 16.4. The van der Waals surface area contributed by atoms with Gasteiger partial charge in [0.2, 0.25) is 0 Å². The van der Waals surface area contributed by atoms with Gasteiger partial charge in [0.25, 0.3) is 5.91 Å². The summed E-state index contributed by atoms with van der Waals surface area (Å²) >= 11 is 1.46. The predicted octanol–water partition coefficient (Wildman–Crippen LogP) is 6.98. The number of rotatable bonds is 7. The SMILES string of the molecule is COc1cc(/C=C2/SC(=Nc3ccc(C)cc3)N(C3CCCCC3)C2=O)ccc1OCC(C)C. The van der Waals surface area contributed by atoms with Crippen LogP contribution in [-0.4, -0.2) is 35.7 Å². The van der Waals surface area contributed by atoms with Crippen LogP contribution in [0.2, 0.25) is 0 Å². The summed E-state index contributed by atoms with van der Waals surface area (Å²) in [5, 5.41) is 0.774. The Bertz CT molecular complexity index is 1070. The van der Waals surface area contributed by atoms with Gasteiger partial charge in [0.1, 0.15) is 0 Å². The Morgan fingerprint density at radius 2 is 1.82 bits per heavy atom. The molecule has 1 saturated carbocycles. The largest absolute Gasteiger partial charge is 0.493 e. The van der Waals surface area contributed by atoms with Crippen molar-refractivity contribution in [2.24, 2.45) is 10.9 Å². The van der Waals surface area contributed by atoms with Crippen molar-refractivity contribution in [3.05, 3.63) is 58.5 Å². The standard InChI is InChI=1S/C28H34N2O3S/c1-19(2)18-33-24-15-12-21(16-25(24)32-4)17-26-27(31)30(23-8-6-5-7-9-23)28(34-26)29-22-13-10-20(3)11-14-22/h10-17,19,23H,5-9,18H2,1-4H3/b26-17+,29-28?. The molecule has 5 nitrogen and oxygen atoms in total. The number of aliphatic imine (C=N–C) groups is 1. The second-order valence-electron chi connectivity index (χ2n) is 9.42. The molecule has 0 radical (unpaired) electrons. The molecule has 0 bridgehead atoms. The van der Waals surface area contributed by atoms with Gasteiger partial charge in [-0.3, -0.25) is 9.69 Å². The van der Waals surface area contributed by atoms with E-state index in [2.05, 4.69) is 32.9 Å². The van der Waals surface area contributed by atoms with Crippen molar-refractivity contribution in [3.8, 4) is 11.5 Å². The first-order valence-electron chi connectivity index (χ1n) is 12.1. The fraction of sp³-hybridized carbons (Fsp3) is 0.429. The molecule has 4 rings (SSSR count). The molecule has 0 spiro atoms. The van der Waals surface area contributed by atoms with Crippen LogP contribution in [-0.2, 0) is 4.79 Å². The number of amides is 1. The number of nitrogens with zero attached hydrogens (tertiary/aromatic N) is 2. The number of amidine groups is 1. The zero-order chi connectivity index (χ0) is 24.1. The summed E-state index contributed by atoms with van der Waals surface area (Å²) in [4.78, 5) is 21.1. The van der Waals surface area contributed by atoms with Gasteiger partial charge in [-0.15, -0.1) is 0 Å². The minimum atomic E-state index is 0.0434. The van der Waals surface area contributed by atoms with Gasteiger partial charge in [-0.05, 0) is 73.4 Å². The molecular formula is C28H34N2O3S. The van der Waals surface area contributed by atoms with Crippen LogP contribution in [0.1, 0.15) is 57.1 Å². The van der Waals surface area contributed by atoms with Crippen LogP contribution >= 0.6 is 11.8 Å². The molecule has 1 aliphatic heterocycles. The first-order valence-corrected chi connectivity index (χ1v) is 13.0. The van der Waals surface area contributed by atoms with Crippen molar-refractivity contribution in [2.45, 2.75) is 58.9 Å². The Kier molecular flexibility index (Phi) is 7.99. The summed E-state index contributed by atoms with van der Waals surface area (Å²) in [6.07, 6.45) is 7.56. The topological polar surface area (TPSA) is 51.1 Å². The van der Waals surface area contributed by atoms with Crippen LogP contribution in [0, 0.1) is 12.8 Å². The summed E-state index contributed by atoms with van der Waals surface area (Å²) in [7, 11) is 1.64. The zero-order valence-corrected chi connectivity index (χ0v) is 21.4. The highest BCUT2D eigenvalue weighted by Crippen LogP contribution is 2.39. The van der Waals surface area contributed by atoms with E-state index in [1.54, 1.807) is 7.11 Å². The van der Waals surface area contributed by atoms with E-state index >= 15 is 0 Å². The Morgan fingerprint density at radius 1 is 1.09 bits per heavy atom. The summed E-state index contributed by atoms with van der Waals surface area (Å²) in [5.74, 6) is 1.86. The van der Waals surface area contributed by atoms with E-state index in [1.807, 2.05) is 41.3 Å². The number of thioether (sulfide) groups is 1. The van der Waals surface area contributed by atoms with Gasteiger partial charge in [-0.2, -0.15) is 0 Å². The van der Waals surface area contributed by atoms with E-state index in [4.69, 9.17) is 14.5 Å². The lowest BCUT2D eigenvalue weighted by atomic mass is 9.94. The van der Waals surface area contributed by atoms with Crippen molar-refractivity contribution in [1.82, 2.24) is 4.90 Å². The average Bonchev–Trinajstić information content (AvgIpc) is 3.14. The van der Waals surface area contributed by atoms with Crippen LogP contribution in [0.15, 0.2) is 52.4 Å². The summed E-state index contributed by atoms with van der Waals surface area (Å²) in [6.45, 7) is 6.91. The lowest BCUT2D eigenvalue weighted by Gasteiger charge is -2.30. The third-order valence-corrected chi connectivity index (χ3v) is 7.08. The molecule has 6 heteroatoms. The fourth-order valence-electron chi connectivity index (χ4n) is 4.26. The molecule has 0 N–H and O–H groups in total. The summed E-state index contributed by atoms with van der Waals surface area (Å²) in [6, 6.07) is 14.2. The lowest BCUT2D eigenvalue weighted by Crippen LogP contribution is -2.40. The quantitative estimate of drug-likeness (QED) is 0.403. The van der Waals surface area contributed by atoms with Crippen molar-refractivity contribution < 1.29 is 14.3 Å². The highest BCUT2D eigenvalue weighted by atomic mass is 32.2. The smallest absolute Gasteiger partial charge is 0.267 e. The Hall–Kier alpha value is -2.73. The van der Waals surface area contributed by atoms with E-state index in [0.29, 0.717) is 28.9 Å². The maximum Gasteiger partial charge on any atom is 0.267 e. The van der Waals surface area contributed by atoms with Crippen molar-refractivity contribution in [1.29, 1.82) is 0 Å². The lowest BCUT2D eigenvalue weighted by molar-refractivity contribution is -0.124. The molecular weight excluding hydrogens is 444 g/mol. The Balaban J connectivity index is 1.64. The number of hydrogen-bond acceptors (Lipinski definition) is 5. The molecule has 1 heterocycles. The molecule has 1 amide bonds. The van der Waals surface area contributed by atoms with Crippen LogP contribution in [0.25, 0.3) is 6.08 Å². The molecule has 2 aromatic carbocycles.